The molecule has 4 N–H and O–H groups in total. The van der Waals surface area contributed by atoms with Crippen LogP contribution in [0.2, 0.25) is 0 Å². The predicted molar refractivity (Wildman–Crippen MR) is 58.9 cm³/mol. The third kappa shape index (κ3) is 3.59. The van der Waals surface area contributed by atoms with E-state index in [1.807, 2.05) is 0 Å². The smallest absolute Gasteiger partial charge is 0.323 e. The molecule has 0 bridgehead atoms. The molecule has 1 rings (SSSR count). The summed E-state index contributed by atoms with van der Waals surface area (Å²) < 4.78 is 4.91. The number of carbonyl (C=O) groups is 3. The summed E-state index contributed by atoms with van der Waals surface area (Å²) in [6.45, 7) is -0.653. The first-order chi connectivity index (χ1) is 8.41. The van der Waals surface area contributed by atoms with Gasteiger partial charge >= 0.3 is 11.9 Å². The number of furan rings is 1. The number of aliphatic carboxylic acids is 2. The molecule has 0 saturated carbocycles. The minimum atomic E-state index is -1.33. The van der Waals surface area contributed by atoms with Gasteiger partial charge in [-0.05, 0) is 6.07 Å². The van der Waals surface area contributed by atoms with Gasteiger partial charge in [0.1, 0.15) is 6.54 Å². The van der Waals surface area contributed by atoms with Gasteiger partial charge in [0.25, 0.3) is 0 Å². The van der Waals surface area contributed by atoms with E-state index in [0.29, 0.717) is 0 Å². The molecule has 0 saturated heterocycles. The number of nitrogens with zero attached hydrogens (tertiary/aromatic N) is 1. The van der Waals surface area contributed by atoms with Crippen molar-refractivity contribution < 1.29 is 29.0 Å². The molecule has 1 atom stereocenters. The Labute approximate surface area is 102 Å². The molecule has 8 nitrogen and oxygen atoms in total. The van der Waals surface area contributed by atoms with Crippen LogP contribution in [-0.4, -0.2) is 40.6 Å². The number of hydrogen-bond acceptors (Lipinski definition) is 5. The van der Waals surface area contributed by atoms with Crippen LogP contribution in [0, 0.1) is 0 Å². The molecule has 1 heterocycles. The van der Waals surface area contributed by atoms with E-state index in [2.05, 4.69) is 0 Å². The van der Waals surface area contributed by atoms with Crippen LogP contribution in [0.4, 0.5) is 5.88 Å². The molecule has 1 aromatic heterocycles. The van der Waals surface area contributed by atoms with Gasteiger partial charge in [-0.1, -0.05) is 0 Å². The summed E-state index contributed by atoms with van der Waals surface area (Å²) in [5.74, 6) is -3.33. The number of rotatable bonds is 6. The first-order valence-corrected chi connectivity index (χ1v) is 4.96. The highest BCUT2D eigenvalue weighted by atomic mass is 16.4. The van der Waals surface area contributed by atoms with Gasteiger partial charge in [0.2, 0.25) is 11.8 Å². The van der Waals surface area contributed by atoms with Crippen molar-refractivity contribution in [1.29, 1.82) is 0 Å². The number of nitrogens with two attached hydrogens (primary N) is 1. The summed E-state index contributed by atoms with van der Waals surface area (Å²) in [6, 6.07) is 1.53. The zero-order valence-electron chi connectivity index (χ0n) is 9.28. The zero-order chi connectivity index (χ0) is 13.7. The lowest BCUT2D eigenvalue weighted by atomic mass is 10.2. The lowest BCUT2D eigenvalue weighted by Crippen LogP contribution is -2.46. The maximum atomic E-state index is 11.8. The molecule has 1 amide bonds. The SMILES string of the molecule is N[C@@H](CC(=O)O)C(=O)N(CC(=O)O)c1ccco1. The summed E-state index contributed by atoms with van der Waals surface area (Å²) >= 11 is 0. The van der Waals surface area contributed by atoms with Crippen LogP contribution in [0.25, 0.3) is 0 Å². The number of hydrogen-bond donors (Lipinski definition) is 3. The van der Waals surface area contributed by atoms with Gasteiger partial charge in [-0.25, -0.2) is 0 Å². The third-order valence-corrected chi connectivity index (χ3v) is 2.04. The number of anilines is 1. The summed E-state index contributed by atoms with van der Waals surface area (Å²) in [5, 5.41) is 17.2. The molecule has 0 aliphatic carbocycles. The molecule has 0 radical (unpaired) electrons. The second-order valence-electron chi connectivity index (χ2n) is 3.47. The van der Waals surface area contributed by atoms with Crippen molar-refractivity contribution in [3.05, 3.63) is 18.4 Å². The number of carbonyl (C=O) groups excluding carboxylic acids is 1. The largest absolute Gasteiger partial charge is 0.481 e. The highest BCUT2D eigenvalue weighted by Crippen LogP contribution is 2.15. The molecule has 18 heavy (non-hydrogen) atoms. The monoisotopic (exact) mass is 256 g/mol. The predicted octanol–water partition coefficient (Wildman–Crippen LogP) is -0.501. The van der Waals surface area contributed by atoms with Crippen LogP contribution >= 0.6 is 0 Å². The van der Waals surface area contributed by atoms with Crippen molar-refractivity contribution in [3.8, 4) is 0 Å². The van der Waals surface area contributed by atoms with Crippen molar-refractivity contribution in [1.82, 2.24) is 0 Å². The number of carboxylic acids is 2. The molecule has 0 fully saturated rings. The summed E-state index contributed by atoms with van der Waals surface area (Å²) in [7, 11) is 0. The van der Waals surface area contributed by atoms with E-state index in [1.54, 1.807) is 0 Å². The average Bonchev–Trinajstić information content (AvgIpc) is 2.76. The Morgan fingerprint density at radius 3 is 2.44 bits per heavy atom. The quantitative estimate of drug-likeness (QED) is 0.624. The lowest BCUT2D eigenvalue weighted by molar-refractivity contribution is -0.139. The van der Waals surface area contributed by atoms with E-state index in [4.69, 9.17) is 20.4 Å². The summed E-state index contributed by atoms with van der Waals surface area (Å²) in [5.41, 5.74) is 5.39. The fraction of sp³-hybridized carbons (Fsp3) is 0.300. The van der Waals surface area contributed by atoms with E-state index in [9.17, 15) is 14.4 Å². The van der Waals surface area contributed by atoms with E-state index in [1.165, 1.54) is 18.4 Å². The second kappa shape index (κ2) is 5.82. The molecular formula is C10H12N2O6. The van der Waals surface area contributed by atoms with E-state index in [0.717, 1.165) is 4.90 Å². The molecule has 1 aromatic rings. The van der Waals surface area contributed by atoms with Gasteiger partial charge in [0, 0.05) is 6.07 Å². The highest BCUT2D eigenvalue weighted by Gasteiger charge is 2.27. The first-order valence-electron chi connectivity index (χ1n) is 4.96. The van der Waals surface area contributed by atoms with Crippen molar-refractivity contribution in [2.24, 2.45) is 5.73 Å². The number of amides is 1. The molecule has 8 heteroatoms. The summed E-state index contributed by atoms with van der Waals surface area (Å²) in [4.78, 5) is 33.7. The van der Waals surface area contributed by atoms with Gasteiger partial charge in [-0.15, -0.1) is 0 Å². The van der Waals surface area contributed by atoms with Crippen LogP contribution in [-0.2, 0) is 14.4 Å². The van der Waals surface area contributed by atoms with E-state index < -0.39 is 36.9 Å². The van der Waals surface area contributed by atoms with E-state index >= 15 is 0 Å². The second-order valence-corrected chi connectivity index (χ2v) is 3.47. The number of carboxylic acid groups (broad SMARTS) is 2. The molecule has 98 valence electrons. The topological polar surface area (TPSA) is 134 Å². The Morgan fingerprint density at radius 2 is 2.00 bits per heavy atom. The maximum absolute atomic E-state index is 11.8. The van der Waals surface area contributed by atoms with Gasteiger partial charge in [0.15, 0.2) is 0 Å². The van der Waals surface area contributed by atoms with Gasteiger partial charge in [-0.2, -0.15) is 0 Å². The third-order valence-electron chi connectivity index (χ3n) is 2.04. The normalized spacial score (nSPS) is 11.8. The fourth-order valence-electron chi connectivity index (χ4n) is 1.30. The van der Waals surface area contributed by atoms with Gasteiger partial charge in [0.05, 0.1) is 18.7 Å². The Balaban J connectivity index is 2.86. The van der Waals surface area contributed by atoms with Gasteiger partial charge in [-0.3, -0.25) is 19.3 Å². The molecule has 0 aliphatic heterocycles. The molecule has 0 spiro atoms. The molecule has 0 aromatic carbocycles. The Kier molecular flexibility index (Phi) is 4.44. The van der Waals surface area contributed by atoms with Crippen molar-refractivity contribution in [2.75, 3.05) is 11.4 Å². The summed E-state index contributed by atoms with van der Waals surface area (Å²) in [6.07, 6.45) is 0.676. The maximum Gasteiger partial charge on any atom is 0.323 e. The Bertz CT molecular complexity index is 441. The molecule has 0 unspecified atom stereocenters. The zero-order valence-corrected chi connectivity index (χ0v) is 9.28. The van der Waals surface area contributed by atoms with Crippen LogP contribution in [0.5, 0.6) is 0 Å². The Morgan fingerprint density at radius 1 is 1.33 bits per heavy atom. The van der Waals surface area contributed by atoms with Crippen molar-refractivity contribution in [2.45, 2.75) is 12.5 Å². The fourth-order valence-corrected chi connectivity index (χ4v) is 1.30. The van der Waals surface area contributed by atoms with Crippen LogP contribution in [0.15, 0.2) is 22.8 Å². The molecule has 0 aliphatic rings. The Hall–Kier alpha value is -2.35. The van der Waals surface area contributed by atoms with Crippen LogP contribution in [0.3, 0.4) is 0 Å². The first kappa shape index (κ1) is 13.7. The van der Waals surface area contributed by atoms with Gasteiger partial charge < -0.3 is 20.4 Å². The average molecular weight is 256 g/mol. The van der Waals surface area contributed by atoms with E-state index in [-0.39, 0.29) is 5.88 Å². The van der Waals surface area contributed by atoms with Crippen molar-refractivity contribution in [3.63, 3.8) is 0 Å². The minimum absolute atomic E-state index is 0.00300. The van der Waals surface area contributed by atoms with Crippen LogP contribution in [0.1, 0.15) is 6.42 Å². The lowest BCUT2D eigenvalue weighted by Gasteiger charge is -2.20. The van der Waals surface area contributed by atoms with Crippen molar-refractivity contribution >= 4 is 23.7 Å². The molecular weight excluding hydrogens is 244 g/mol. The minimum Gasteiger partial charge on any atom is -0.481 e. The van der Waals surface area contributed by atoms with Crippen LogP contribution < -0.4 is 10.6 Å². The standard InChI is InChI=1S/C10H12N2O6/c11-6(4-8(13)14)10(17)12(5-9(15)16)7-2-1-3-18-7/h1-3,6H,4-5,11H2,(H,13,14)(H,15,16)/t6-/m0/s1. The highest BCUT2D eigenvalue weighted by molar-refractivity contribution is 6.00.